The third-order valence-electron chi connectivity index (χ3n) is 2.76. The van der Waals surface area contributed by atoms with Gasteiger partial charge in [0.1, 0.15) is 0 Å². The lowest BCUT2D eigenvalue weighted by molar-refractivity contribution is -0.137. The molecule has 0 saturated carbocycles. The Balaban J connectivity index is 2.00. The van der Waals surface area contributed by atoms with Crippen LogP contribution in [-0.4, -0.2) is 23.6 Å². The number of amides is 1. The Bertz CT molecular complexity index is 458. The van der Waals surface area contributed by atoms with E-state index in [1.807, 2.05) is 24.3 Å². The fraction of sp³-hybridized carbons (Fsp3) is 0.385. The lowest BCUT2D eigenvalue weighted by Gasteiger charge is -2.14. The molecule has 0 unspecified atom stereocenters. The molecule has 5 heteroatoms. The van der Waals surface area contributed by atoms with Crippen molar-refractivity contribution in [2.45, 2.75) is 25.7 Å². The van der Waals surface area contributed by atoms with E-state index in [2.05, 4.69) is 0 Å². The predicted molar refractivity (Wildman–Crippen MR) is 65.1 cm³/mol. The predicted octanol–water partition coefficient (Wildman–Crippen LogP) is 1.76. The van der Waals surface area contributed by atoms with Crippen LogP contribution >= 0.6 is 0 Å². The number of hydroxylamine groups is 1. The Kier molecular flexibility index (Phi) is 3.94. The average molecular weight is 249 g/mol. The Hall–Kier alpha value is -1.88. The van der Waals surface area contributed by atoms with Crippen LogP contribution in [0.15, 0.2) is 24.3 Å². The highest BCUT2D eigenvalue weighted by atomic mass is 16.7. The van der Waals surface area contributed by atoms with Gasteiger partial charge in [-0.15, -0.1) is 0 Å². The standard InChI is InChI=1S/C13H15NO4/c15-12-7-8-18-14(12)11-5-1-3-10(9-11)4-2-6-13(16)17/h1,3,5,9H,2,4,6-8H2,(H,16,17). The van der Waals surface area contributed by atoms with Gasteiger partial charge in [-0.3, -0.25) is 14.4 Å². The van der Waals surface area contributed by atoms with E-state index in [9.17, 15) is 9.59 Å². The summed E-state index contributed by atoms with van der Waals surface area (Å²) in [6.45, 7) is 0.419. The first kappa shape index (κ1) is 12.6. The van der Waals surface area contributed by atoms with Gasteiger partial charge in [-0.25, -0.2) is 0 Å². The van der Waals surface area contributed by atoms with E-state index in [4.69, 9.17) is 9.94 Å². The van der Waals surface area contributed by atoms with E-state index in [0.717, 1.165) is 5.56 Å². The highest BCUT2D eigenvalue weighted by Crippen LogP contribution is 2.21. The van der Waals surface area contributed by atoms with Gasteiger partial charge in [0.2, 0.25) is 0 Å². The molecule has 1 saturated heterocycles. The topological polar surface area (TPSA) is 66.8 Å². The maximum atomic E-state index is 11.5. The van der Waals surface area contributed by atoms with Crippen molar-refractivity contribution in [3.8, 4) is 0 Å². The Morgan fingerprint density at radius 2 is 2.28 bits per heavy atom. The molecule has 0 aliphatic carbocycles. The molecule has 2 rings (SSSR count). The zero-order valence-electron chi connectivity index (χ0n) is 9.96. The van der Waals surface area contributed by atoms with Gasteiger partial charge in [-0.05, 0) is 30.5 Å². The number of carboxylic acid groups (broad SMARTS) is 1. The molecule has 1 amide bonds. The summed E-state index contributed by atoms with van der Waals surface area (Å²) < 4.78 is 0. The maximum absolute atomic E-state index is 11.5. The smallest absolute Gasteiger partial charge is 0.303 e. The van der Waals surface area contributed by atoms with Gasteiger partial charge in [-0.2, -0.15) is 5.06 Å². The first-order valence-electron chi connectivity index (χ1n) is 5.93. The van der Waals surface area contributed by atoms with Crippen molar-refractivity contribution in [2.24, 2.45) is 0 Å². The van der Waals surface area contributed by atoms with Gasteiger partial charge in [0.05, 0.1) is 18.7 Å². The molecule has 1 aromatic rings. The van der Waals surface area contributed by atoms with Crippen LogP contribution in [0.5, 0.6) is 0 Å². The Morgan fingerprint density at radius 1 is 1.44 bits per heavy atom. The summed E-state index contributed by atoms with van der Waals surface area (Å²) in [7, 11) is 0. The number of anilines is 1. The van der Waals surface area contributed by atoms with Gasteiger partial charge in [0, 0.05) is 6.42 Å². The summed E-state index contributed by atoms with van der Waals surface area (Å²) in [5.41, 5.74) is 1.72. The second-order valence-corrected chi connectivity index (χ2v) is 4.19. The van der Waals surface area contributed by atoms with Crippen molar-refractivity contribution in [3.05, 3.63) is 29.8 Å². The van der Waals surface area contributed by atoms with E-state index in [1.165, 1.54) is 5.06 Å². The van der Waals surface area contributed by atoms with Crippen LogP contribution in [0.25, 0.3) is 0 Å². The molecule has 0 bridgehead atoms. The molecular weight excluding hydrogens is 234 g/mol. The summed E-state index contributed by atoms with van der Waals surface area (Å²) in [5.74, 6) is -0.832. The molecule has 1 N–H and O–H groups in total. The summed E-state index contributed by atoms with van der Waals surface area (Å²) in [4.78, 5) is 27.2. The lowest BCUT2D eigenvalue weighted by atomic mass is 10.1. The van der Waals surface area contributed by atoms with Gasteiger partial charge in [0.25, 0.3) is 5.91 Å². The number of hydrogen-bond donors (Lipinski definition) is 1. The zero-order valence-corrected chi connectivity index (χ0v) is 9.96. The third-order valence-corrected chi connectivity index (χ3v) is 2.76. The molecule has 5 nitrogen and oxygen atoms in total. The molecule has 1 aliphatic rings. The molecule has 0 aromatic heterocycles. The molecule has 1 fully saturated rings. The fourth-order valence-electron chi connectivity index (χ4n) is 1.90. The van der Waals surface area contributed by atoms with E-state index in [-0.39, 0.29) is 12.3 Å². The minimum atomic E-state index is -0.788. The number of carboxylic acids is 1. The molecule has 0 spiro atoms. The first-order chi connectivity index (χ1) is 8.66. The number of carbonyl (C=O) groups excluding carboxylic acids is 1. The normalized spacial score (nSPS) is 15.1. The number of carbonyl (C=O) groups is 2. The average Bonchev–Trinajstić information content (AvgIpc) is 2.75. The van der Waals surface area contributed by atoms with E-state index in [1.54, 1.807) is 0 Å². The molecule has 1 aromatic carbocycles. The van der Waals surface area contributed by atoms with Crippen LogP contribution in [0, 0.1) is 0 Å². The molecule has 18 heavy (non-hydrogen) atoms. The van der Waals surface area contributed by atoms with Crippen LogP contribution in [0.1, 0.15) is 24.8 Å². The highest BCUT2D eigenvalue weighted by Gasteiger charge is 2.23. The first-order valence-corrected chi connectivity index (χ1v) is 5.93. The Morgan fingerprint density at radius 3 is 2.94 bits per heavy atom. The second-order valence-electron chi connectivity index (χ2n) is 4.19. The number of benzene rings is 1. The van der Waals surface area contributed by atoms with Gasteiger partial charge >= 0.3 is 5.97 Å². The van der Waals surface area contributed by atoms with Crippen LogP contribution in [0.3, 0.4) is 0 Å². The molecule has 1 aliphatic heterocycles. The highest BCUT2D eigenvalue weighted by molar-refractivity contribution is 5.92. The fourth-order valence-corrected chi connectivity index (χ4v) is 1.90. The summed E-state index contributed by atoms with van der Waals surface area (Å²) in [6, 6.07) is 7.45. The molecule has 0 radical (unpaired) electrons. The minimum absolute atomic E-state index is 0.0438. The summed E-state index contributed by atoms with van der Waals surface area (Å²) in [6.07, 6.45) is 1.84. The zero-order chi connectivity index (χ0) is 13.0. The number of rotatable bonds is 5. The van der Waals surface area contributed by atoms with Gasteiger partial charge < -0.3 is 5.11 Å². The maximum Gasteiger partial charge on any atom is 0.303 e. The van der Waals surface area contributed by atoms with Crippen molar-refractivity contribution >= 4 is 17.6 Å². The van der Waals surface area contributed by atoms with E-state index in [0.29, 0.717) is 31.6 Å². The quantitative estimate of drug-likeness (QED) is 0.863. The lowest BCUT2D eigenvalue weighted by Crippen LogP contribution is -2.22. The number of nitrogens with zero attached hydrogens (tertiary/aromatic N) is 1. The van der Waals surface area contributed by atoms with E-state index < -0.39 is 5.97 Å². The van der Waals surface area contributed by atoms with Gasteiger partial charge in [0.15, 0.2) is 0 Å². The number of aryl methyl sites for hydroxylation is 1. The van der Waals surface area contributed by atoms with Crippen molar-refractivity contribution in [1.82, 2.24) is 0 Å². The van der Waals surface area contributed by atoms with Crippen LogP contribution in [-0.2, 0) is 20.8 Å². The third kappa shape index (κ3) is 3.07. The molecule has 96 valence electrons. The molecular formula is C13H15NO4. The summed E-state index contributed by atoms with van der Waals surface area (Å²) >= 11 is 0. The van der Waals surface area contributed by atoms with Crippen molar-refractivity contribution in [1.29, 1.82) is 0 Å². The van der Waals surface area contributed by atoms with Crippen LogP contribution in [0.2, 0.25) is 0 Å². The monoisotopic (exact) mass is 249 g/mol. The number of aliphatic carboxylic acids is 1. The number of hydrogen-bond acceptors (Lipinski definition) is 3. The van der Waals surface area contributed by atoms with Crippen LogP contribution in [0.4, 0.5) is 5.69 Å². The van der Waals surface area contributed by atoms with Crippen LogP contribution < -0.4 is 5.06 Å². The minimum Gasteiger partial charge on any atom is -0.481 e. The second kappa shape index (κ2) is 5.64. The van der Waals surface area contributed by atoms with E-state index >= 15 is 0 Å². The largest absolute Gasteiger partial charge is 0.481 e. The van der Waals surface area contributed by atoms with Crippen molar-refractivity contribution in [2.75, 3.05) is 11.7 Å². The van der Waals surface area contributed by atoms with Crippen molar-refractivity contribution < 1.29 is 19.5 Å². The molecule has 0 atom stereocenters. The van der Waals surface area contributed by atoms with Crippen molar-refractivity contribution in [3.63, 3.8) is 0 Å². The summed E-state index contributed by atoms with van der Waals surface area (Å²) in [5, 5.41) is 9.89. The molecule has 1 heterocycles. The Labute approximate surface area is 105 Å². The SMILES string of the molecule is O=C(O)CCCc1cccc(N2OCCC2=O)c1. The van der Waals surface area contributed by atoms with Gasteiger partial charge in [-0.1, -0.05) is 12.1 Å².